The molecule has 0 saturated heterocycles. The Bertz CT molecular complexity index is 530. The molecule has 2 N–H and O–H groups in total. The van der Waals surface area contributed by atoms with Crippen molar-refractivity contribution in [3.05, 3.63) is 29.3 Å². The predicted molar refractivity (Wildman–Crippen MR) is 79.4 cm³/mol. The average Bonchev–Trinajstić information content (AvgIpc) is 2.40. The zero-order valence-electron chi connectivity index (χ0n) is 11.7. The molecular formula is C15H18F3NOS. The highest BCUT2D eigenvalue weighted by atomic mass is 32.1. The van der Waals surface area contributed by atoms with Crippen LogP contribution in [0.25, 0.3) is 0 Å². The molecule has 1 aliphatic rings. The summed E-state index contributed by atoms with van der Waals surface area (Å²) in [6.45, 7) is 2.09. The number of thiocarbonyl (C=S) groups is 1. The second-order valence-electron chi connectivity index (χ2n) is 5.49. The summed E-state index contributed by atoms with van der Waals surface area (Å²) in [4.78, 5) is -0.0837. The predicted octanol–water partition coefficient (Wildman–Crippen LogP) is 4.30. The first-order chi connectivity index (χ1) is 9.79. The summed E-state index contributed by atoms with van der Waals surface area (Å²) in [6, 6.07) is 3.29. The Labute approximate surface area is 127 Å². The van der Waals surface area contributed by atoms with Gasteiger partial charge in [0.1, 0.15) is 16.8 Å². The van der Waals surface area contributed by atoms with Gasteiger partial charge in [-0.2, -0.15) is 13.2 Å². The molecule has 0 spiro atoms. The molecule has 0 amide bonds. The van der Waals surface area contributed by atoms with Crippen LogP contribution >= 0.6 is 12.2 Å². The van der Waals surface area contributed by atoms with Gasteiger partial charge < -0.3 is 10.5 Å². The fourth-order valence-corrected chi connectivity index (χ4v) is 2.78. The van der Waals surface area contributed by atoms with Crippen molar-refractivity contribution in [3.8, 4) is 5.75 Å². The standard InChI is InChI=1S/C15H18F3NOS/c1-9-4-2-3-5-12(9)20-13-7-6-10(15(16,17)18)8-11(13)14(19)21/h6-9,12H,2-5H2,1H3,(H2,19,21). The summed E-state index contributed by atoms with van der Waals surface area (Å²) < 4.78 is 44.2. The van der Waals surface area contributed by atoms with Crippen LogP contribution in [0.2, 0.25) is 0 Å². The fraction of sp³-hybridized carbons (Fsp3) is 0.533. The number of ether oxygens (including phenoxy) is 1. The molecular weight excluding hydrogens is 299 g/mol. The minimum atomic E-state index is -4.42. The van der Waals surface area contributed by atoms with E-state index in [0.717, 1.165) is 37.8 Å². The summed E-state index contributed by atoms with van der Waals surface area (Å²) in [5, 5.41) is 0. The van der Waals surface area contributed by atoms with E-state index in [9.17, 15) is 13.2 Å². The zero-order valence-corrected chi connectivity index (χ0v) is 12.6. The first-order valence-corrected chi connectivity index (χ1v) is 7.37. The van der Waals surface area contributed by atoms with Gasteiger partial charge in [0.05, 0.1) is 11.1 Å². The molecule has 0 aliphatic heterocycles. The lowest BCUT2D eigenvalue weighted by Crippen LogP contribution is -2.29. The highest BCUT2D eigenvalue weighted by Crippen LogP contribution is 2.34. The lowest BCUT2D eigenvalue weighted by atomic mass is 9.88. The summed E-state index contributed by atoms with van der Waals surface area (Å²) in [7, 11) is 0. The maximum absolute atomic E-state index is 12.8. The van der Waals surface area contributed by atoms with Crippen molar-refractivity contribution in [2.75, 3.05) is 0 Å². The molecule has 6 heteroatoms. The Hall–Kier alpha value is -1.30. The van der Waals surface area contributed by atoms with Crippen LogP contribution in [0, 0.1) is 5.92 Å². The molecule has 1 fully saturated rings. The van der Waals surface area contributed by atoms with Crippen molar-refractivity contribution < 1.29 is 17.9 Å². The summed E-state index contributed by atoms with van der Waals surface area (Å²) in [5.41, 5.74) is 4.93. The molecule has 1 aromatic rings. The van der Waals surface area contributed by atoms with E-state index < -0.39 is 11.7 Å². The normalized spacial score (nSPS) is 22.9. The Morgan fingerprint density at radius 2 is 1.95 bits per heavy atom. The van der Waals surface area contributed by atoms with Gasteiger partial charge in [-0.25, -0.2) is 0 Å². The Morgan fingerprint density at radius 1 is 1.29 bits per heavy atom. The topological polar surface area (TPSA) is 35.2 Å². The third-order valence-corrected chi connectivity index (χ3v) is 4.10. The van der Waals surface area contributed by atoms with Crippen molar-refractivity contribution in [2.45, 2.75) is 44.9 Å². The minimum absolute atomic E-state index is 0.00332. The zero-order chi connectivity index (χ0) is 15.6. The maximum Gasteiger partial charge on any atom is 0.416 e. The minimum Gasteiger partial charge on any atom is -0.489 e. The number of hydrogen-bond donors (Lipinski definition) is 1. The lowest BCUT2D eigenvalue weighted by molar-refractivity contribution is -0.137. The lowest BCUT2D eigenvalue weighted by Gasteiger charge is -2.30. The van der Waals surface area contributed by atoms with E-state index in [4.69, 9.17) is 22.7 Å². The first-order valence-electron chi connectivity index (χ1n) is 6.96. The van der Waals surface area contributed by atoms with E-state index >= 15 is 0 Å². The number of nitrogens with two attached hydrogens (primary N) is 1. The molecule has 2 unspecified atom stereocenters. The van der Waals surface area contributed by atoms with Gasteiger partial charge in [0.2, 0.25) is 0 Å². The molecule has 0 heterocycles. The van der Waals surface area contributed by atoms with Crippen LogP contribution in [0.15, 0.2) is 18.2 Å². The smallest absolute Gasteiger partial charge is 0.416 e. The molecule has 2 rings (SSSR count). The van der Waals surface area contributed by atoms with Gasteiger partial charge in [-0.15, -0.1) is 0 Å². The third kappa shape index (κ3) is 3.87. The van der Waals surface area contributed by atoms with E-state index in [1.807, 2.05) is 0 Å². The maximum atomic E-state index is 12.8. The van der Waals surface area contributed by atoms with Crippen LogP contribution in [0.5, 0.6) is 5.75 Å². The van der Waals surface area contributed by atoms with Crippen LogP contribution in [0.3, 0.4) is 0 Å². The number of benzene rings is 1. The molecule has 116 valence electrons. The quantitative estimate of drug-likeness (QED) is 0.844. The average molecular weight is 317 g/mol. The molecule has 1 aliphatic carbocycles. The first kappa shape index (κ1) is 16.1. The number of hydrogen-bond acceptors (Lipinski definition) is 2. The van der Waals surface area contributed by atoms with Crippen LogP contribution in [-0.4, -0.2) is 11.1 Å². The van der Waals surface area contributed by atoms with Crippen LogP contribution in [0.4, 0.5) is 13.2 Å². The SMILES string of the molecule is CC1CCCCC1Oc1ccc(C(F)(F)F)cc1C(N)=S. The highest BCUT2D eigenvalue weighted by molar-refractivity contribution is 7.80. The second-order valence-corrected chi connectivity index (χ2v) is 5.93. The fourth-order valence-electron chi connectivity index (χ4n) is 2.62. The van der Waals surface area contributed by atoms with E-state index in [-0.39, 0.29) is 16.7 Å². The monoisotopic (exact) mass is 317 g/mol. The van der Waals surface area contributed by atoms with Gasteiger partial charge in [-0.1, -0.05) is 25.6 Å². The second kappa shape index (κ2) is 6.22. The molecule has 1 aromatic carbocycles. The van der Waals surface area contributed by atoms with Gasteiger partial charge in [0.15, 0.2) is 0 Å². The van der Waals surface area contributed by atoms with E-state index in [1.165, 1.54) is 6.07 Å². The van der Waals surface area contributed by atoms with Crippen LogP contribution < -0.4 is 10.5 Å². The summed E-state index contributed by atoms with van der Waals surface area (Å²) in [5.74, 6) is 0.717. The Kier molecular flexibility index (Phi) is 4.76. The Balaban J connectivity index is 2.28. The number of halogens is 3. The molecule has 0 aromatic heterocycles. The van der Waals surface area contributed by atoms with Gasteiger partial charge in [0.25, 0.3) is 0 Å². The van der Waals surface area contributed by atoms with E-state index in [2.05, 4.69) is 6.92 Å². The van der Waals surface area contributed by atoms with Crippen molar-refractivity contribution in [1.82, 2.24) is 0 Å². The van der Waals surface area contributed by atoms with Gasteiger partial charge >= 0.3 is 6.18 Å². The summed E-state index contributed by atoms with van der Waals surface area (Å²) in [6.07, 6.45) is -0.222. The van der Waals surface area contributed by atoms with Crippen molar-refractivity contribution in [3.63, 3.8) is 0 Å². The van der Waals surface area contributed by atoms with E-state index in [0.29, 0.717) is 11.7 Å². The third-order valence-electron chi connectivity index (χ3n) is 3.88. The van der Waals surface area contributed by atoms with Gasteiger partial charge in [0, 0.05) is 0 Å². The van der Waals surface area contributed by atoms with Crippen LogP contribution in [-0.2, 0) is 6.18 Å². The molecule has 1 saturated carbocycles. The summed E-state index contributed by atoms with van der Waals surface area (Å²) >= 11 is 4.86. The van der Waals surface area contributed by atoms with Gasteiger partial charge in [-0.3, -0.25) is 0 Å². The largest absolute Gasteiger partial charge is 0.489 e. The van der Waals surface area contributed by atoms with Crippen molar-refractivity contribution >= 4 is 17.2 Å². The molecule has 2 atom stereocenters. The highest BCUT2D eigenvalue weighted by Gasteiger charge is 2.32. The van der Waals surface area contributed by atoms with Gasteiger partial charge in [-0.05, 0) is 43.4 Å². The molecule has 0 bridgehead atoms. The van der Waals surface area contributed by atoms with E-state index in [1.54, 1.807) is 0 Å². The van der Waals surface area contributed by atoms with Crippen LogP contribution in [0.1, 0.15) is 43.7 Å². The van der Waals surface area contributed by atoms with Crippen molar-refractivity contribution in [2.24, 2.45) is 11.7 Å². The molecule has 2 nitrogen and oxygen atoms in total. The molecule has 0 radical (unpaired) electrons. The Morgan fingerprint density at radius 3 is 2.52 bits per heavy atom. The molecule has 21 heavy (non-hydrogen) atoms. The van der Waals surface area contributed by atoms with Crippen molar-refractivity contribution in [1.29, 1.82) is 0 Å². The number of rotatable bonds is 3. The number of alkyl halides is 3.